The Hall–Kier alpha value is -4.47. The van der Waals surface area contributed by atoms with Gasteiger partial charge in [0, 0.05) is 48.7 Å². The fourth-order valence-electron chi connectivity index (χ4n) is 5.79. The molecule has 230 valence electrons. The fraction of sp³-hybridized carbons (Fsp3) is 0.194. The smallest absolute Gasteiger partial charge is 0.408 e. The largest absolute Gasteiger partial charge is 0.460 e. The number of rotatable bonds is 11. The van der Waals surface area contributed by atoms with Crippen LogP contribution in [-0.4, -0.2) is 44.2 Å². The molecule has 0 fully saturated rings. The Kier molecular flexibility index (Phi) is 9.70. The molecular formula is C36H33NO6S2. The van der Waals surface area contributed by atoms with E-state index in [9.17, 15) is 14.4 Å². The van der Waals surface area contributed by atoms with Gasteiger partial charge in [0.15, 0.2) is 11.2 Å². The van der Waals surface area contributed by atoms with Gasteiger partial charge >= 0.3 is 12.1 Å². The van der Waals surface area contributed by atoms with Crippen LogP contribution in [0.4, 0.5) is 4.79 Å². The summed E-state index contributed by atoms with van der Waals surface area (Å²) in [5.41, 5.74) is 1.56. The molecule has 0 aromatic heterocycles. The van der Waals surface area contributed by atoms with E-state index in [0.29, 0.717) is 34.3 Å². The molecule has 0 saturated carbocycles. The molecule has 0 saturated heterocycles. The van der Waals surface area contributed by atoms with Gasteiger partial charge in [-0.25, -0.2) is 9.59 Å². The summed E-state index contributed by atoms with van der Waals surface area (Å²) in [6.07, 6.45) is 3.28. The van der Waals surface area contributed by atoms with Gasteiger partial charge in [-0.1, -0.05) is 79.4 Å². The van der Waals surface area contributed by atoms with Crippen LogP contribution in [0.2, 0.25) is 0 Å². The zero-order chi connectivity index (χ0) is 32.0. The Morgan fingerprint density at radius 2 is 1.20 bits per heavy atom. The van der Waals surface area contributed by atoms with Crippen LogP contribution in [0, 0.1) is 0 Å². The lowest BCUT2D eigenvalue weighted by Crippen LogP contribution is -2.49. The first-order chi connectivity index (χ1) is 21.8. The second kappa shape index (κ2) is 13.7. The van der Waals surface area contributed by atoms with Crippen LogP contribution in [-0.2, 0) is 35.0 Å². The summed E-state index contributed by atoms with van der Waals surface area (Å²) in [4.78, 5) is 39.9. The minimum absolute atomic E-state index is 0.0304. The van der Waals surface area contributed by atoms with E-state index in [0.717, 1.165) is 15.4 Å². The lowest BCUT2D eigenvalue weighted by molar-refractivity contribution is -0.139. The highest BCUT2D eigenvalue weighted by molar-refractivity contribution is 7.98. The number of benzene rings is 4. The zero-order valence-corrected chi connectivity index (χ0v) is 26.8. The van der Waals surface area contributed by atoms with Crippen LogP contribution in [0.25, 0.3) is 0 Å². The third-order valence-corrected chi connectivity index (χ3v) is 9.28. The molecule has 0 heterocycles. The van der Waals surface area contributed by atoms with Gasteiger partial charge in [-0.15, -0.1) is 23.5 Å². The number of amides is 1. The van der Waals surface area contributed by atoms with Gasteiger partial charge in [-0.2, -0.15) is 0 Å². The molecule has 45 heavy (non-hydrogen) atoms. The molecule has 0 aliphatic heterocycles. The van der Waals surface area contributed by atoms with E-state index in [1.54, 1.807) is 30.4 Å². The summed E-state index contributed by atoms with van der Waals surface area (Å²) in [7, 11) is 0. The molecule has 4 aromatic carbocycles. The molecule has 0 unspecified atom stereocenters. The van der Waals surface area contributed by atoms with Crippen LogP contribution >= 0.6 is 23.5 Å². The molecule has 5 rings (SSSR count). The SMILES string of the molecule is C=C(C)C(=O)OCCNC(=O)OC1(c2ccc(SC)cc2)c2ccccc2C(OC=O)(c2ccc(SC)cc2)c2ccccc21. The third-order valence-electron chi connectivity index (χ3n) is 7.79. The van der Waals surface area contributed by atoms with E-state index in [1.165, 1.54) is 0 Å². The Labute approximate surface area is 271 Å². The summed E-state index contributed by atoms with van der Waals surface area (Å²) in [6.45, 7) is 5.58. The molecule has 0 bridgehead atoms. The van der Waals surface area contributed by atoms with Gasteiger partial charge in [0.1, 0.15) is 6.61 Å². The van der Waals surface area contributed by atoms with E-state index in [4.69, 9.17) is 14.2 Å². The van der Waals surface area contributed by atoms with Crippen molar-refractivity contribution in [1.82, 2.24) is 5.32 Å². The standard InChI is InChI=1S/C36H33NO6S2/c1-24(2)33(39)41-22-21-37-34(40)43-36(26-15-19-28(45-4)20-16-26)31-11-7-5-9-29(31)35(42-23-38,30-10-6-8-12-32(30)36)25-13-17-27(44-3)18-14-25/h5-20,23H,1,21-22H2,2-4H3,(H,37,40). The molecule has 9 heteroatoms. The number of nitrogens with one attached hydrogen (secondary N) is 1. The maximum Gasteiger partial charge on any atom is 0.408 e. The van der Waals surface area contributed by atoms with E-state index in [-0.39, 0.29) is 18.7 Å². The molecule has 1 aliphatic carbocycles. The van der Waals surface area contributed by atoms with Crippen molar-refractivity contribution in [2.75, 3.05) is 25.7 Å². The van der Waals surface area contributed by atoms with Gasteiger partial charge in [-0.05, 0) is 43.7 Å². The Morgan fingerprint density at radius 3 is 1.62 bits per heavy atom. The average Bonchev–Trinajstić information content (AvgIpc) is 3.08. The molecule has 0 spiro atoms. The molecule has 1 aliphatic rings. The number of ether oxygens (including phenoxy) is 3. The van der Waals surface area contributed by atoms with Crippen LogP contribution in [0.15, 0.2) is 119 Å². The summed E-state index contributed by atoms with van der Waals surface area (Å²) in [5.74, 6) is -0.539. The van der Waals surface area contributed by atoms with Crippen LogP contribution in [0.3, 0.4) is 0 Å². The van der Waals surface area contributed by atoms with Gasteiger partial charge < -0.3 is 19.5 Å². The van der Waals surface area contributed by atoms with Crippen LogP contribution in [0.5, 0.6) is 0 Å². The number of hydrogen-bond acceptors (Lipinski definition) is 8. The van der Waals surface area contributed by atoms with Crippen LogP contribution < -0.4 is 5.32 Å². The number of esters is 1. The number of hydrogen-bond donors (Lipinski definition) is 1. The van der Waals surface area contributed by atoms with Crippen molar-refractivity contribution in [3.63, 3.8) is 0 Å². The number of thioether (sulfide) groups is 2. The molecule has 0 radical (unpaired) electrons. The van der Waals surface area contributed by atoms with Crippen molar-refractivity contribution in [1.29, 1.82) is 0 Å². The third kappa shape index (κ3) is 5.85. The van der Waals surface area contributed by atoms with Crippen molar-refractivity contribution in [2.45, 2.75) is 27.9 Å². The lowest BCUT2D eigenvalue weighted by Gasteiger charge is -2.47. The van der Waals surface area contributed by atoms with Crippen molar-refractivity contribution >= 4 is 42.1 Å². The van der Waals surface area contributed by atoms with Gasteiger partial charge in [0.25, 0.3) is 6.47 Å². The maximum atomic E-state index is 13.7. The number of carbonyl (C=O) groups excluding carboxylic acids is 3. The Morgan fingerprint density at radius 1 is 0.756 bits per heavy atom. The zero-order valence-electron chi connectivity index (χ0n) is 25.2. The maximum absolute atomic E-state index is 13.7. The summed E-state index contributed by atoms with van der Waals surface area (Å²) in [5, 5.41) is 2.73. The Bertz CT molecular complexity index is 1670. The van der Waals surface area contributed by atoms with E-state index < -0.39 is 23.3 Å². The molecule has 7 nitrogen and oxygen atoms in total. The van der Waals surface area contributed by atoms with Gasteiger partial charge in [-0.3, -0.25) is 4.79 Å². The highest BCUT2D eigenvalue weighted by Gasteiger charge is 2.56. The first kappa shape index (κ1) is 31.9. The first-order valence-electron chi connectivity index (χ1n) is 14.2. The fourth-order valence-corrected chi connectivity index (χ4v) is 6.61. The summed E-state index contributed by atoms with van der Waals surface area (Å²) < 4.78 is 17.8. The molecule has 4 aromatic rings. The van der Waals surface area contributed by atoms with Crippen molar-refractivity contribution in [3.8, 4) is 0 Å². The lowest BCUT2D eigenvalue weighted by atomic mass is 9.63. The minimum Gasteiger partial charge on any atom is -0.460 e. The normalized spacial score (nSPS) is 18.1. The molecule has 1 amide bonds. The molecule has 1 N–H and O–H groups in total. The number of carbonyl (C=O) groups is 3. The predicted molar refractivity (Wildman–Crippen MR) is 176 cm³/mol. The topological polar surface area (TPSA) is 90.9 Å². The molecule has 0 atom stereocenters. The predicted octanol–water partition coefficient (Wildman–Crippen LogP) is 7.05. The summed E-state index contributed by atoms with van der Waals surface area (Å²) >= 11 is 3.22. The second-order valence-corrected chi connectivity index (χ2v) is 12.1. The van der Waals surface area contributed by atoms with Crippen molar-refractivity contribution < 1.29 is 28.6 Å². The highest BCUT2D eigenvalue weighted by atomic mass is 32.2. The average molecular weight is 640 g/mol. The minimum atomic E-state index is -1.43. The quantitative estimate of drug-likeness (QED) is 0.0467. The Balaban J connectivity index is 1.71. The number of alkyl carbamates (subject to hydrolysis) is 1. The second-order valence-electron chi connectivity index (χ2n) is 10.4. The van der Waals surface area contributed by atoms with E-state index >= 15 is 0 Å². The van der Waals surface area contributed by atoms with Crippen molar-refractivity contribution in [3.05, 3.63) is 143 Å². The number of fused-ring (bicyclic) bond motifs is 2. The molecular weight excluding hydrogens is 607 g/mol. The van der Waals surface area contributed by atoms with Gasteiger partial charge in [0.2, 0.25) is 0 Å². The van der Waals surface area contributed by atoms with Crippen molar-refractivity contribution in [2.24, 2.45) is 0 Å². The van der Waals surface area contributed by atoms with E-state index in [2.05, 4.69) is 11.9 Å². The highest BCUT2D eigenvalue weighted by Crippen LogP contribution is 2.56. The summed E-state index contributed by atoms with van der Waals surface area (Å²) in [6, 6.07) is 30.9. The monoisotopic (exact) mass is 639 g/mol. The van der Waals surface area contributed by atoms with Gasteiger partial charge in [0.05, 0.1) is 6.54 Å². The first-order valence-corrected chi connectivity index (χ1v) is 16.7. The van der Waals surface area contributed by atoms with Crippen LogP contribution in [0.1, 0.15) is 40.3 Å². The van der Waals surface area contributed by atoms with E-state index in [1.807, 2.05) is 110 Å².